The summed E-state index contributed by atoms with van der Waals surface area (Å²) in [5, 5.41) is 2.76. The van der Waals surface area contributed by atoms with Gasteiger partial charge in [-0.05, 0) is 41.2 Å². The molecule has 0 aliphatic rings. The first-order valence-corrected chi connectivity index (χ1v) is 6.35. The van der Waals surface area contributed by atoms with Crippen LogP contribution in [0.5, 0.6) is 0 Å². The summed E-state index contributed by atoms with van der Waals surface area (Å²) in [6.45, 7) is 4.46. The Hall–Kier alpha value is -1.30. The van der Waals surface area contributed by atoms with Crippen molar-refractivity contribution in [3.63, 3.8) is 0 Å². The molecule has 0 aliphatic carbocycles. The van der Waals surface area contributed by atoms with E-state index in [1.54, 1.807) is 0 Å². The van der Waals surface area contributed by atoms with Gasteiger partial charge in [0.25, 0.3) is 0 Å². The van der Waals surface area contributed by atoms with Gasteiger partial charge in [0.05, 0.1) is 0 Å². The highest BCUT2D eigenvalue weighted by molar-refractivity contribution is 5.83. The highest BCUT2D eigenvalue weighted by atomic mass is 14.0. The van der Waals surface area contributed by atoms with Crippen LogP contribution in [0.4, 0.5) is 0 Å². The van der Waals surface area contributed by atoms with E-state index in [4.69, 9.17) is 0 Å². The maximum atomic E-state index is 2.35. The summed E-state index contributed by atoms with van der Waals surface area (Å²) < 4.78 is 0. The normalized spacial score (nSPS) is 10.9. The number of fused-ring (bicyclic) bond motifs is 1. The van der Waals surface area contributed by atoms with Crippen LogP contribution in [0.3, 0.4) is 0 Å². The molecule has 0 saturated heterocycles. The zero-order chi connectivity index (χ0) is 11.4. The second-order valence-corrected chi connectivity index (χ2v) is 4.47. The summed E-state index contributed by atoms with van der Waals surface area (Å²) >= 11 is 0. The van der Waals surface area contributed by atoms with E-state index in [1.807, 2.05) is 0 Å². The number of unbranched alkanes of at least 4 members (excludes halogenated alkanes) is 1. The first-order chi connectivity index (χ1) is 7.83. The third-order valence-corrected chi connectivity index (χ3v) is 3.20. The topological polar surface area (TPSA) is 0 Å². The lowest BCUT2D eigenvalue weighted by Gasteiger charge is -2.05. The Kier molecular flexibility index (Phi) is 3.61. The van der Waals surface area contributed by atoms with Crippen molar-refractivity contribution in [2.45, 2.75) is 39.5 Å². The minimum absolute atomic E-state index is 1.12. The summed E-state index contributed by atoms with van der Waals surface area (Å²) in [5.74, 6) is 0. The van der Waals surface area contributed by atoms with Crippen LogP contribution in [-0.4, -0.2) is 0 Å². The molecule has 0 radical (unpaired) electrons. The van der Waals surface area contributed by atoms with Gasteiger partial charge in [-0.2, -0.15) is 0 Å². The van der Waals surface area contributed by atoms with E-state index in [0.717, 1.165) is 6.42 Å². The molecule has 2 aromatic rings. The first kappa shape index (κ1) is 11.2. The predicted octanol–water partition coefficient (Wildman–Crippen LogP) is 4.74. The van der Waals surface area contributed by atoms with Gasteiger partial charge < -0.3 is 0 Å². The minimum atomic E-state index is 1.12. The molecule has 0 spiro atoms. The number of aryl methyl sites for hydroxylation is 2. The Balaban J connectivity index is 2.35. The van der Waals surface area contributed by atoms with Crippen LogP contribution in [0.2, 0.25) is 0 Å². The molecule has 0 fully saturated rings. The zero-order valence-electron chi connectivity index (χ0n) is 10.3. The summed E-state index contributed by atoms with van der Waals surface area (Å²) in [7, 11) is 0. The molecule has 0 aliphatic heterocycles. The third-order valence-electron chi connectivity index (χ3n) is 3.20. The molecule has 2 rings (SSSR count). The lowest BCUT2D eigenvalue weighted by molar-refractivity contribution is 0.796. The quantitative estimate of drug-likeness (QED) is 0.686. The van der Waals surface area contributed by atoms with Crippen molar-refractivity contribution >= 4 is 10.8 Å². The monoisotopic (exact) mass is 212 g/mol. The maximum Gasteiger partial charge on any atom is -0.0179 e. The first-order valence-electron chi connectivity index (χ1n) is 6.35. The molecule has 0 bridgehead atoms. The molecule has 0 saturated carbocycles. The van der Waals surface area contributed by atoms with Crippen molar-refractivity contribution in [3.05, 3.63) is 47.5 Å². The van der Waals surface area contributed by atoms with Crippen LogP contribution in [0.15, 0.2) is 36.4 Å². The van der Waals surface area contributed by atoms with Crippen LogP contribution in [0.25, 0.3) is 10.8 Å². The van der Waals surface area contributed by atoms with E-state index in [2.05, 4.69) is 50.2 Å². The number of rotatable bonds is 4. The van der Waals surface area contributed by atoms with Crippen molar-refractivity contribution in [3.8, 4) is 0 Å². The number of hydrogen-bond donors (Lipinski definition) is 0. The van der Waals surface area contributed by atoms with Crippen LogP contribution in [0, 0.1) is 0 Å². The highest BCUT2D eigenvalue weighted by Crippen LogP contribution is 2.19. The van der Waals surface area contributed by atoms with E-state index in [9.17, 15) is 0 Å². The molecule has 2 aromatic carbocycles. The van der Waals surface area contributed by atoms with Crippen molar-refractivity contribution in [1.29, 1.82) is 0 Å². The Labute approximate surface area is 98.3 Å². The number of benzene rings is 2. The van der Waals surface area contributed by atoms with Gasteiger partial charge in [-0.3, -0.25) is 0 Å². The van der Waals surface area contributed by atoms with Gasteiger partial charge >= 0.3 is 0 Å². The van der Waals surface area contributed by atoms with E-state index >= 15 is 0 Å². The fourth-order valence-corrected chi connectivity index (χ4v) is 2.10. The predicted molar refractivity (Wildman–Crippen MR) is 71.9 cm³/mol. The smallest absolute Gasteiger partial charge is 0.0179 e. The summed E-state index contributed by atoms with van der Waals surface area (Å²) in [6, 6.07) is 13.7. The average molecular weight is 212 g/mol. The summed E-state index contributed by atoms with van der Waals surface area (Å²) in [5.41, 5.74) is 2.91. The lowest BCUT2D eigenvalue weighted by Crippen LogP contribution is -1.86. The van der Waals surface area contributed by atoms with Gasteiger partial charge in [-0.1, -0.05) is 56.7 Å². The zero-order valence-corrected chi connectivity index (χ0v) is 10.3. The molecule has 0 amide bonds. The van der Waals surface area contributed by atoms with E-state index in [0.29, 0.717) is 0 Å². The van der Waals surface area contributed by atoms with Gasteiger partial charge in [0.2, 0.25) is 0 Å². The second-order valence-electron chi connectivity index (χ2n) is 4.47. The van der Waals surface area contributed by atoms with Crippen LogP contribution in [-0.2, 0) is 12.8 Å². The molecular formula is C16H20. The van der Waals surface area contributed by atoms with Crippen molar-refractivity contribution < 1.29 is 0 Å². The lowest BCUT2D eigenvalue weighted by atomic mass is 10.0. The van der Waals surface area contributed by atoms with E-state index in [-0.39, 0.29) is 0 Å². The van der Waals surface area contributed by atoms with Crippen molar-refractivity contribution in [2.24, 2.45) is 0 Å². The third kappa shape index (κ3) is 2.44. The van der Waals surface area contributed by atoms with Crippen molar-refractivity contribution in [1.82, 2.24) is 0 Å². The van der Waals surface area contributed by atoms with Gasteiger partial charge in [0, 0.05) is 0 Å². The molecule has 16 heavy (non-hydrogen) atoms. The van der Waals surface area contributed by atoms with Crippen LogP contribution >= 0.6 is 0 Å². The molecule has 0 aromatic heterocycles. The Morgan fingerprint density at radius 2 is 1.50 bits per heavy atom. The molecule has 0 N–H and O–H groups in total. The average Bonchev–Trinajstić information content (AvgIpc) is 2.35. The maximum absolute atomic E-state index is 2.35. The van der Waals surface area contributed by atoms with Gasteiger partial charge in [-0.25, -0.2) is 0 Å². The standard InChI is InChI=1S/C16H20/c1-3-5-6-14-8-10-15-9-7-13(4-2)11-16(15)12-14/h7-12H,3-6H2,1-2H3. The molecule has 0 unspecified atom stereocenters. The minimum Gasteiger partial charge on any atom is -0.0654 e. The SMILES string of the molecule is CCCCc1ccc2ccc(CC)cc2c1. The van der Waals surface area contributed by atoms with E-state index < -0.39 is 0 Å². The van der Waals surface area contributed by atoms with Crippen LogP contribution < -0.4 is 0 Å². The molecule has 84 valence electrons. The largest absolute Gasteiger partial charge is 0.0654 e. The molecular weight excluding hydrogens is 192 g/mol. The summed E-state index contributed by atoms with van der Waals surface area (Å²) in [6.07, 6.45) is 4.89. The molecule has 0 nitrogen and oxygen atoms in total. The van der Waals surface area contributed by atoms with Crippen molar-refractivity contribution in [2.75, 3.05) is 0 Å². The Bertz CT molecular complexity index is 468. The van der Waals surface area contributed by atoms with E-state index in [1.165, 1.54) is 41.2 Å². The second kappa shape index (κ2) is 5.16. The number of hydrogen-bond acceptors (Lipinski definition) is 0. The molecule has 0 heterocycles. The Morgan fingerprint density at radius 3 is 2.19 bits per heavy atom. The van der Waals surface area contributed by atoms with Crippen LogP contribution in [0.1, 0.15) is 37.8 Å². The Morgan fingerprint density at radius 1 is 0.812 bits per heavy atom. The summed E-state index contributed by atoms with van der Waals surface area (Å²) in [4.78, 5) is 0. The van der Waals surface area contributed by atoms with Gasteiger partial charge in [0.15, 0.2) is 0 Å². The fourth-order valence-electron chi connectivity index (χ4n) is 2.10. The molecule has 0 atom stereocenters. The highest BCUT2D eigenvalue weighted by Gasteiger charge is 1.98. The van der Waals surface area contributed by atoms with Gasteiger partial charge in [-0.15, -0.1) is 0 Å². The fraction of sp³-hybridized carbons (Fsp3) is 0.375. The van der Waals surface area contributed by atoms with Gasteiger partial charge in [0.1, 0.15) is 0 Å². The molecule has 0 heteroatoms.